The van der Waals surface area contributed by atoms with Crippen LogP contribution in [0.5, 0.6) is 5.75 Å². The molecule has 0 atom stereocenters. The van der Waals surface area contributed by atoms with E-state index in [1.807, 2.05) is 30.3 Å². The van der Waals surface area contributed by atoms with Gasteiger partial charge in [0.1, 0.15) is 17.1 Å². The second-order valence-corrected chi connectivity index (χ2v) is 12.5. The first-order valence-electron chi connectivity index (χ1n) is 15.7. The highest BCUT2D eigenvalue weighted by molar-refractivity contribution is 5.86. The van der Waals surface area contributed by atoms with Gasteiger partial charge < -0.3 is 19.6 Å². The SMILES string of the molecule is CC(C)Cc1ccc(C(Nc2ccc3cc(-c4ccccc4OCCCC(=O)O)oc3c2)c2ccc(CC(C)C)cc2)cc1. The van der Waals surface area contributed by atoms with Gasteiger partial charge in [-0.1, -0.05) is 88.4 Å². The smallest absolute Gasteiger partial charge is 0.303 e. The Bertz CT molecular complexity index is 1610. The molecule has 0 saturated carbocycles. The summed E-state index contributed by atoms with van der Waals surface area (Å²) in [5.74, 6) is 1.80. The molecule has 5 aromatic rings. The van der Waals surface area contributed by atoms with E-state index in [1.54, 1.807) is 0 Å². The molecule has 0 spiro atoms. The Morgan fingerprint density at radius 1 is 0.795 bits per heavy atom. The average Bonchev–Trinajstić information content (AvgIpc) is 3.42. The quantitative estimate of drug-likeness (QED) is 0.126. The van der Waals surface area contributed by atoms with Crippen molar-refractivity contribution in [2.75, 3.05) is 11.9 Å². The van der Waals surface area contributed by atoms with Crippen LogP contribution in [0.1, 0.15) is 68.8 Å². The Morgan fingerprint density at radius 2 is 1.41 bits per heavy atom. The first-order valence-corrected chi connectivity index (χ1v) is 15.7. The molecule has 5 nitrogen and oxygen atoms in total. The van der Waals surface area contributed by atoms with Crippen LogP contribution in [0.25, 0.3) is 22.3 Å². The van der Waals surface area contributed by atoms with Crippen LogP contribution in [0.15, 0.2) is 101 Å². The molecule has 5 heteroatoms. The molecule has 228 valence electrons. The molecule has 0 saturated heterocycles. The molecule has 1 heterocycles. The van der Waals surface area contributed by atoms with E-state index in [9.17, 15) is 4.79 Å². The summed E-state index contributed by atoms with van der Waals surface area (Å²) in [5, 5.41) is 13.7. The number of fused-ring (bicyclic) bond motifs is 1. The maximum atomic E-state index is 10.9. The minimum Gasteiger partial charge on any atom is -0.493 e. The molecule has 0 unspecified atom stereocenters. The topological polar surface area (TPSA) is 71.7 Å². The highest BCUT2D eigenvalue weighted by Crippen LogP contribution is 2.36. The van der Waals surface area contributed by atoms with E-state index < -0.39 is 5.97 Å². The van der Waals surface area contributed by atoms with Crippen molar-refractivity contribution < 1.29 is 19.1 Å². The number of ether oxygens (including phenoxy) is 1. The van der Waals surface area contributed by atoms with Gasteiger partial charge in [-0.3, -0.25) is 4.79 Å². The number of anilines is 1. The molecule has 0 aliphatic carbocycles. The summed E-state index contributed by atoms with van der Waals surface area (Å²) in [6.07, 6.45) is 2.65. The first-order chi connectivity index (χ1) is 21.2. The Balaban J connectivity index is 1.41. The molecule has 5 rings (SSSR count). The number of rotatable bonds is 14. The van der Waals surface area contributed by atoms with Gasteiger partial charge in [0.25, 0.3) is 0 Å². The van der Waals surface area contributed by atoms with E-state index in [4.69, 9.17) is 14.3 Å². The molecule has 0 fully saturated rings. The summed E-state index contributed by atoms with van der Waals surface area (Å²) in [5.41, 5.74) is 7.72. The second-order valence-electron chi connectivity index (χ2n) is 12.5. The number of carbonyl (C=O) groups is 1. The van der Waals surface area contributed by atoms with Crippen molar-refractivity contribution in [3.8, 4) is 17.1 Å². The van der Waals surface area contributed by atoms with Gasteiger partial charge in [-0.15, -0.1) is 0 Å². The lowest BCUT2D eigenvalue weighted by Crippen LogP contribution is -2.12. The van der Waals surface area contributed by atoms with Crippen molar-refractivity contribution in [2.24, 2.45) is 11.8 Å². The number of para-hydroxylation sites is 1. The van der Waals surface area contributed by atoms with E-state index >= 15 is 0 Å². The zero-order valence-corrected chi connectivity index (χ0v) is 26.2. The number of nitrogens with one attached hydrogen (secondary N) is 1. The molecule has 2 N–H and O–H groups in total. The maximum absolute atomic E-state index is 10.9. The van der Waals surface area contributed by atoms with Gasteiger partial charge in [-0.2, -0.15) is 0 Å². The van der Waals surface area contributed by atoms with Crippen LogP contribution in [0.3, 0.4) is 0 Å². The summed E-state index contributed by atoms with van der Waals surface area (Å²) in [6, 6.07) is 33.9. The van der Waals surface area contributed by atoms with Gasteiger partial charge in [0, 0.05) is 23.6 Å². The molecule has 0 aliphatic rings. The summed E-state index contributed by atoms with van der Waals surface area (Å²) in [6.45, 7) is 9.33. The predicted molar refractivity (Wildman–Crippen MR) is 179 cm³/mol. The zero-order chi connectivity index (χ0) is 31.1. The van der Waals surface area contributed by atoms with Crippen LogP contribution in [0, 0.1) is 11.8 Å². The van der Waals surface area contributed by atoms with Crippen molar-refractivity contribution in [3.63, 3.8) is 0 Å². The lowest BCUT2D eigenvalue weighted by Gasteiger charge is -2.22. The summed E-state index contributed by atoms with van der Waals surface area (Å²) >= 11 is 0. The van der Waals surface area contributed by atoms with E-state index in [2.05, 4.69) is 99.7 Å². The van der Waals surface area contributed by atoms with Gasteiger partial charge >= 0.3 is 5.97 Å². The standard InChI is InChI=1S/C39H43NO4/c1-26(2)22-28-11-15-30(16-12-28)39(31-17-13-29(14-18-31)23-27(3)4)40-33-20-19-32-24-37(44-36(32)25-33)34-8-5-6-9-35(34)43-21-7-10-38(41)42/h5-6,8-9,11-20,24-27,39-40H,7,10,21-23H2,1-4H3,(H,41,42). The minimum atomic E-state index is -0.822. The fraction of sp³-hybridized carbons (Fsp3) is 0.308. The Morgan fingerprint density at radius 3 is 2.00 bits per heavy atom. The molecule has 1 aromatic heterocycles. The highest BCUT2D eigenvalue weighted by atomic mass is 16.5. The number of benzene rings is 4. The molecular formula is C39H43NO4. The van der Waals surface area contributed by atoms with Crippen LogP contribution in [0.2, 0.25) is 0 Å². The number of aliphatic carboxylic acids is 1. The summed E-state index contributed by atoms with van der Waals surface area (Å²) in [7, 11) is 0. The molecule has 4 aromatic carbocycles. The number of hydrogen-bond acceptors (Lipinski definition) is 4. The Kier molecular flexibility index (Phi) is 10.1. The van der Waals surface area contributed by atoms with Crippen molar-refractivity contribution in [1.29, 1.82) is 0 Å². The average molecular weight is 590 g/mol. The number of carboxylic acid groups (broad SMARTS) is 1. The van der Waals surface area contributed by atoms with Gasteiger partial charge in [0.2, 0.25) is 0 Å². The van der Waals surface area contributed by atoms with Crippen LogP contribution in [0.4, 0.5) is 5.69 Å². The third-order valence-electron chi connectivity index (χ3n) is 7.69. The van der Waals surface area contributed by atoms with E-state index in [-0.39, 0.29) is 12.5 Å². The normalized spacial score (nSPS) is 11.5. The van der Waals surface area contributed by atoms with Crippen LogP contribution >= 0.6 is 0 Å². The van der Waals surface area contributed by atoms with E-state index in [0.29, 0.717) is 36.4 Å². The Labute approximate surface area is 260 Å². The molecule has 0 radical (unpaired) electrons. The number of carboxylic acids is 1. The largest absolute Gasteiger partial charge is 0.493 e. The molecule has 0 aliphatic heterocycles. The number of hydrogen-bond donors (Lipinski definition) is 2. The van der Waals surface area contributed by atoms with Crippen molar-refractivity contribution in [2.45, 2.75) is 59.4 Å². The third-order valence-corrected chi connectivity index (χ3v) is 7.69. The molecule has 0 bridgehead atoms. The fourth-order valence-electron chi connectivity index (χ4n) is 5.62. The zero-order valence-electron chi connectivity index (χ0n) is 26.2. The predicted octanol–water partition coefficient (Wildman–Crippen LogP) is 9.94. The third kappa shape index (κ3) is 8.10. The Hall–Kier alpha value is -4.51. The maximum Gasteiger partial charge on any atom is 0.303 e. The van der Waals surface area contributed by atoms with Gasteiger partial charge in [0.05, 0.1) is 18.2 Å². The lowest BCUT2D eigenvalue weighted by molar-refractivity contribution is -0.137. The summed E-state index contributed by atoms with van der Waals surface area (Å²) < 4.78 is 12.3. The van der Waals surface area contributed by atoms with Crippen molar-refractivity contribution >= 4 is 22.6 Å². The molecule has 0 amide bonds. The van der Waals surface area contributed by atoms with Gasteiger partial charge in [0.15, 0.2) is 0 Å². The van der Waals surface area contributed by atoms with Gasteiger partial charge in [-0.05, 0) is 83.7 Å². The lowest BCUT2D eigenvalue weighted by atomic mass is 9.93. The second kappa shape index (κ2) is 14.3. The van der Waals surface area contributed by atoms with Crippen LogP contribution in [-0.4, -0.2) is 17.7 Å². The monoisotopic (exact) mass is 589 g/mol. The minimum absolute atomic E-state index is 0.0250. The van der Waals surface area contributed by atoms with Crippen LogP contribution in [-0.2, 0) is 17.6 Å². The van der Waals surface area contributed by atoms with E-state index in [0.717, 1.165) is 35.1 Å². The van der Waals surface area contributed by atoms with E-state index in [1.165, 1.54) is 22.3 Å². The fourth-order valence-corrected chi connectivity index (χ4v) is 5.62. The molecule has 44 heavy (non-hydrogen) atoms. The highest BCUT2D eigenvalue weighted by Gasteiger charge is 2.17. The summed E-state index contributed by atoms with van der Waals surface area (Å²) in [4.78, 5) is 10.9. The number of furan rings is 1. The van der Waals surface area contributed by atoms with Crippen molar-refractivity contribution in [3.05, 3.63) is 119 Å². The van der Waals surface area contributed by atoms with Gasteiger partial charge in [-0.25, -0.2) is 0 Å². The molecular weight excluding hydrogens is 546 g/mol. The van der Waals surface area contributed by atoms with Crippen molar-refractivity contribution in [1.82, 2.24) is 0 Å². The van der Waals surface area contributed by atoms with Crippen LogP contribution < -0.4 is 10.1 Å². The first kappa shape index (κ1) is 30.9.